The average molecular weight is 365 g/mol. The first-order valence-electron chi connectivity index (χ1n) is 8.78. The fraction of sp³-hybridized carbons (Fsp3) is 0.429. The number of hydrogen-bond acceptors (Lipinski definition) is 2. The van der Waals surface area contributed by atoms with Gasteiger partial charge < -0.3 is 10.1 Å². The molecule has 0 saturated heterocycles. The van der Waals surface area contributed by atoms with Crippen LogP contribution in [0.1, 0.15) is 45.2 Å². The molecule has 0 heterocycles. The molecule has 142 valence electrons. The summed E-state index contributed by atoms with van der Waals surface area (Å²) in [7, 11) is 0. The van der Waals surface area contributed by atoms with Gasteiger partial charge in [-0.3, -0.25) is 0 Å². The van der Waals surface area contributed by atoms with Gasteiger partial charge in [0.2, 0.25) is 0 Å². The molecule has 0 amide bonds. The number of benzene rings is 2. The summed E-state index contributed by atoms with van der Waals surface area (Å²) in [5.74, 6) is 0.712. The van der Waals surface area contributed by atoms with E-state index >= 15 is 0 Å². The highest BCUT2D eigenvalue weighted by atomic mass is 19.4. The Balaban J connectivity index is 2.12. The van der Waals surface area contributed by atoms with E-state index in [1.807, 2.05) is 18.2 Å². The van der Waals surface area contributed by atoms with Crippen molar-refractivity contribution < 1.29 is 17.9 Å². The van der Waals surface area contributed by atoms with E-state index in [0.717, 1.165) is 30.5 Å². The topological polar surface area (TPSA) is 21.3 Å². The van der Waals surface area contributed by atoms with Crippen LogP contribution in [0.4, 0.5) is 13.2 Å². The molecule has 26 heavy (non-hydrogen) atoms. The minimum absolute atomic E-state index is 0.0207. The van der Waals surface area contributed by atoms with Crippen LogP contribution >= 0.6 is 0 Å². The van der Waals surface area contributed by atoms with Crippen LogP contribution in [0, 0.1) is 0 Å². The first-order chi connectivity index (χ1) is 12.1. The fourth-order valence-electron chi connectivity index (χ4n) is 2.80. The zero-order valence-corrected chi connectivity index (χ0v) is 15.7. The maximum absolute atomic E-state index is 12.8. The molecule has 0 bridgehead atoms. The maximum Gasteiger partial charge on any atom is 0.416 e. The van der Waals surface area contributed by atoms with Gasteiger partial charge in [-0.25, -0.2) is 0 Å². The van der Waals surface area contributed by atoms with Crippen LogP contribution in [0.25, 0.3) is 0 Å². The van der Waals surface area contributed by atoms with Crippen molar-refractivity contribution in [3.8, 4) is 11.5 Å². The molecule has 0 aliphatic carbocycles. The quantitative estimate of drug-likeness (QED) is 0.657. The van der Waals surface area contributed by atoms with E-state index in [-0.39, 0.29) is 11.3 Å². The van der Waals surface area contributed by atoms with E-state index < -0.39 is 11.7 Å². The first kappa shape index (κ1) is 20.3. The second kappa shape index (κ2) is 8.12. The summed E-state index contributed by atoms with van der Waals surface area (Å²) in [5.41, 5.74) is 0.386. The van der Waals surface area contributed by atoms with Crippen molar-refractivity contribution in [2.24, 2.45) is 0 Å². The van der Waals surface area contributed by atoms with Crippen LogP contribution in [-0.4, -0.2) is 11.6 Å². The summed E-state index contributed by atoms with van der Waals surface area (Å²) in [6.45, 7) is 8.51. The van der Waals surface area contributed by atoms with E-state index in [0.29, 0.717) is 11.8 Å². The van der Waals surface area contributed by atoms with Gasteiger partial charge in [0.15, 0.2) is 0 Å². The van der Waals surface area contributed by atoms with Gasteiger partial charge in [0.25, 0.3) is 0 Å². The summed E-state index contributed by atoms with van der Waals surface area (Å²) in [5, 5.41) is 3.58. The molecule has 1 unspecified atom stereocenters. The van der Waals surface area contributed by atoms with Crippen molar-refractivity contribution in [2.45, 2.75) is 58.3 Å². The van der Waals surface area contributed by atoms with E-state index in [9.17, 15) is 13.2 Å². The van der Waals surface area contributed by atoms with Crippen LogP contribution in [0.3, 0.4) is 0 Å². The van der Waals surface area contributed by atoms with Gasteiger partial charge in [-0.2, -0.15) is 13.2 Å². The molecule has 0 aromatic heterocycles. The Labute approximate surface area is 153 Å². The largest absolute Gasteiger partial charge is 0.457 e. The summed E-state index contributed by atoms with van der Waals surface area (Å²) in [6, 6.07) is 12.7. The highest BCUT2D eigenvalue weighted by Crippen LogP contribution is 2.32. The molecule has 2 rings (SSSR count). The fourth-order valence-corrected chi connectivity index (χ4v) is 2.80. The Morgan fingerprint density at radius 1 is 0.962 bits per heavy atom. The van der Waals surface area contributed by atoms with Gasteiger partial charge in [-0.1, -0.05) is 25.1 Å². The van der Waals surface area contributed by atoms with Crippen LogP contribution in [0.5, 0.6) is 11.5 Å². The number of halogens is 3. The highest BCUT2D eigenvalue weighted by Gasteiger charge is 2.30. The van der Waals surface area contributed by atoms with Crippen LogP contribution in [0.2, 0.25) is 0 Å². The lowest BCUT2D eigenvalue weighted by molar-refractivity contribution is -0.137. The van der Waals surface area contributed by atoms with Crippen LogP contribution in [0.15, 0.2) is 48.5 Å². The average Bonchev–Trinajstić information content (AvgIpc) is 2.53. The van der Waals surface area contributed by atoms with Crippen molar-refractivity contribution in [1.29, 1.82) is 0 Å². The van der Waals surface area contributed by atoms with Crippen molar-refractivity contribution in [3.63, 3.8) is 0 Å². The minimum Gasteiger partial charge on any atom is -0.457 e. The lowest BCUT2D eigenvalue weighted by Crippen LogP contribution is -2.44. The summed E-state index contributed by atoms with van der Waals surface area (Å²) in [6.07, 6.45) is -2.57. The molecule has 0 aliphatic rings. The lowest BCUT2D eigenvalue weighted by Gasteiger charge is -2.28. The minimum atomic E-state index is -4.38. The van der Waals surface area contributed by atoms with Crippen LogP contribution < -0.4 is 10.1 Å². The van der Waals surface area contributed by atoms with E-state index in [2.05, 4.69) is 33.0 Å². The molecule has 0 spiro atoms. The summed E-state index contributed by atoms with van der Waals surface area (Å²) in [4.78, 5) is 0. The van der Waals surface area contributed by atoms with E-state index in [1.165, 1.54) is 12.1 Å². The predicted octanol–water partition coefficient (Wildman–Crippen LogP) is 6.21. The van der Waals surface area contributed by atoms with Gasteiger partial charge in [-0.05, 0) is 69.5 Å². The Morgan fingerprint density at radius 3 is 2.15 bits per heavy atom. The molecule has 0 aliphatic heterocycles. The van der Waals surface area contributed by atoms with Crippen molar-refractivity contribution >= 4 is 0 Å². The molecule has 0 radical (unpaired) electrons. The van der Waals surface area contributed by atoms with Gasteiger partial charge in [-0.15, -0.1) is 0 Å². The Kier molecular flexibility index (Phi) is 6.34. The molecule has 5 heteroatoms. The number of nitrogens with one attached hydrogen (secondary N) is 1. The second-order valence-corrected chi connectivity index (χ2v) is 7.48. The second-order valence-electron chi connectivity index (χ2n) is 7.48. The molecule has 2 aromatic rings. The van der Waals surface area contributed by atoms with Gasteiger partial charge in [0.05, 0.1) is 5.56 Å². The Bertz CT molecular complexity index is 720. The van der Waals surface area contributed by atoms with Crippen molar-refractivity contribution in [1.82, 2.24) is 5.32 Å². The molecule has 0 saturated carbocycles. The third-order valence-electron chi connectivity index (χ3n) is 3.91. The van der Waals surface area contributed by atoms with Crippen molar-refractivity contribution in [3.05, 3.63) is 59.7 Å². The Hall–Kier alpha value is -2.01. The number of rotatable bonds is 6. The third kappa shape index (κ3) is 6.37. The molecular formula is C21H26F3NO. The Morgan fingerprint density at radius 2 is 1.58 bits per heavy atom. The normalized spacial score (nSPS) is 13.5. The summed E-state index contributed by atoms with van der Waals surface area (Å²) >= 11 is 0. The molecular weight excluding hydrogens is 339 g/mol. The molecule has 2 aromatic carbocycles. The maximum atomic E-state index is 12.8. The smallest absolute Gasteiger partial charge is 0.416 e. The number of hydrogen-bond donors (Lipinski definition) is 1. The molecule has 1 N–H and O–H groups in total. The van der Waals surface area contributed by atoms with Gasteiger partial charge in [0.1, 0.15) is 11.5 Å². The monoisotopic (exact) mass is 365 g/mol. The number of alkyl halides is 3. The predicted molar refractivity (Wildman–Crippen MR) is 98.6 cm³/mol. The van der Waals surface area contributed by atoms with Crippen molar-refractivity contribution in [2.75, 3.05) is 0 Å². The zero-order chi connectivity index (χ0) is 19.4. The van der Waals surface area contributed by atoms with Gasteiger partial charge in [0, 0.05) is 11.6 Å². The van der Waals surface area contributed by atoms with E-state index in [4.69, 9.17) is 4.74 Å². The lowest BCUT2D eigenvalue weighted by atomic mass is 10.00. The van der Waals surface area contributed by atoms with Gasteiger partial charge >= 0.3 is 6.18 Å². The highest BCUT2D eigenvalue weighted by molar-refractivity contribution is 5.36. The SMILES string of the molecule is CCC(Cc1cccc(Oc2cccc(C(F)(F)F)c2)c1)NC(C)(C)C. The summed E-state index contributed by atoms with van der Waals surface area (Å²) < 4.78 is 44.1. The third-order valence-corrected chi connectivity index (χ3v) is 3.91. The number of ether oxygens (including phenoxy) is 1. The van der Waals surface area contributed by atoms with Crippen LogP contribution in [-0.2, 0) is 12.6 Å². The molecule has 1 atom stereocenters. The van der Waals surface area contributed by atoms with E-state index in [1.54, 1.807) is 6.07 Å². The zero-order valence-electron chi connectivity index (χ0n) is 15.7. The standard InChI is InChI=1S/C21H26F3NO/c1-5-17(25-20(2,3)4)12-15-8-6-10-18(13-15)26-19-11-7-9-16(14-19)21(22,23)24/h6-11,13-14,17,25H,5,12H2,1-4H3. The molecule has 0 fully saturated rings. The first-order valence-corrected chi connectivity index (χ1v) is 8.78. The molecule has 2 nitrogen and oxygen atoms in total.